The molecular formula is C10H6INO2S. The number of halogens is 1. The molecule has 0 aliphatic carbocycles. The molecule has 15 heavy (non-hydrogen) atoms. The van der Waals surface area contributed by atoms with Gasteiger partial charge in [-0.2, -0.15) is 0 Å². The largest absolute Gasteiger partial charge is 0.477 e. The third-order valence-electron chi connectivity index (χ3n) is 1.84. The van der Waals surface area contributed by atoms with Gasteiger partial charge in [0.2, 0.25) is 0 Å². The van der Waals surface area contributed by atoms with Crippen molar-refractivity contribution in [3.05, 3.63) is 38.2 Å². The Hall–Kier alpha value is -0.950. The van der Waals surface area contributed by atoms with Crippen molar-refractivity contribution >= 4 is 39.9 Å². The van der Waals surface area contributed by atoms with Crippen LogP contribution in [0.15, 0.2) is 30.3 Å². The van der Waals surface area contributed by atoms with Crippen molar-refractivity contribution in [3.63, 3.8) is 0 Å². The van der Waals surface area contributed by atoms with Crippen LogP contribution in [0.1, 0.15) is 9.67 Å². The van der Waals surface area contributed by atoms with Gasteiger partial charge in [-0.3, -0.25) is 0 Å². The van der Waals surface area contributed by atoms with E-state index in [1.54, 1.807) is 0 Å². The molecule has 0 atom stereocenters. The van der Waals surface area contributed by atoms with Crippen LogP contribution in [-0.4, -0.2) is 16.1 Å². The first-order chi connectivity index (χ1) is 7.18. The monoisotopic (exact) mass is 331 g/mol. The second-order valence-corrected chi connectivity index (χ2v) is 5.57. The quantitative estimate of drug-likeness (QED) is 0.861. The fourth-order valence-corrected chi connectivity index (χ4v) is 2.79. The van der Waals surface area contributed by atoms with Gasteiger partial charge in [0.25, 0.3) is 0 Å². The van der Waals surface area contributed by atoms with Gasteiger partial charge < -0.3 is 5.11 Å². The predicted octanol–water partition coefficient (Wildman–Crippen LogP) is 3.11. The highest BCUT2D eigenvalue weighted by atomic mass is 127. The minimum absolute atomic E-state index is 0.297. The zero-order valence-corrected chi connectivity index (χ0v) is 10.4. The third kappa shape index (κ3) is 2.18. The Morgan fingerprint density at radius 3 is 2.60 bits per heavy atom. The van der Waals surface area contributed by atoms with Crippen LogP contribution in [0, 0.1) is 3.01 Å². The number of nitrogens with zero attached hydrogens (tertiary/aromatic N) is 1. The molecule has 3 nitrogen and oxygen atoms in total. The molecule has 0 aliphatic heterocycles. The summed E-state index contributed by atoms with van der Waals surface area (Å²) in [5, 5.41) is 9.01. The van der Waals surface area contributed by atoms with Gasteiger partial charge in [0, 0.05) is 5.56 Å². The van der Waals surface area contributed by atoms with E-state index in [4.69, 9.17) is 5.11 Å². The van der Waals surface area contributed by atoms with E-state index < -0.39 is 5.97 Å². The third-order valence-corrected chi connectivity index (χ3v) is 3.58. The molecule has 0 bridgehead atoms. The van der Waals surface area contributed by atoms with E-state index in [1.165, 1.54) is 11.3 Å². The minimum Gasteiger partial charge on any atom is -0.477 e. The van der Waals surface area contributed by atoms with Gasteiger partial charge in [0.15, 0.2) is 3.01 Å². The topological polar surface area (TPSA) is 50.2 Å². The number of carboxylic acid groups (broad SMARTS) is 1. The molecule has 76 valence electrons. The first-order valence-electron chi connectivity index (χ1n) is 4.13. The Kier molecular flexibility index (Phi) is 3.01. The highest BCUT2D eigenvalue weighted by Crippen LogP contribution is 2.28. The van der Waals surface area contributed by atoms with Crippen molar-refractivity contribution < 1.29 is 9.90 Å². The summed E-state index contributed by atoms with van der Waals surface area (Å²) < 4.78 is 0.740. The van der Waals surface area contributed by atoms with Gasteiger partial charge in [0.1, 0.15) is 4.88 Å². The van der Waals surface area contributed by atoms with Crippen molar-refractivity contribution in [2.45, 2.75) is 0 Å². The lowest BCUT2D eigenvalue weighted by Gasteiger charge is -1.97. The molecule has 0 saturated heterocycles. The Labute approximate surface area is 104 Å². The summed E-state index contributed by atoms with van der Waals surface area (Å²) in [5.74, 6) is -0.922. The number of hydrogen-bond donors (Lipinski definition) is 1. The van der Waals surface area contributed by atoms with Gasteiger partial charge in [-0.1, -0.05) is 30.3 Å². The van der Waals surface area contributed by atoms with Gasteiger partial charge >= 0.3 is 5.97 Å². The average molecular weight is 331 g/mol. The Bertz CT molecular complexity index is 495. The number of aromatic nitrogens is 1. The molecule has 0 aliphatic rings. The number of benzene rings is 1. The number of hydrogen-bond acceptors (Lipinski definition) is 3. The summed E-state index contributed by atoms with van der Waals surface area (Å²) in [6.07, 6.45) is 0. The van der Waals surface area contributed by atoms with Crippen LogP contribution < -0.4 is 0 Å². The molecule has 0 fully saturated rings. The lowest BCUT2D eigenvalue weighted by molar-refractivity contribution is 0.0702. The van der Waals surface area contributed by atoms with Crippen molar-refractivity contribution in [1.82, 2.24) is 4.98 Å². The molecule has 0 spiro atoms. The highest BCUT2D eigenvalue weighted by molar-refractivity contribution is 14.1. The van der Waals surface area contributed by atoms with Crippen LogP contribution in [0.25, 0.3) is 11.3 Å². The normalized spacial score (nSPS) is 10.2. The first-order valence-corrected chi connectivity index (χ1v) is 6.03. The molecule has 1 heterocycles. The van der Waals surface area contributed by atoms with Crippen LogP contribution in [0.2, 0.25) is 0 Å². The number of rotatable bonds is 2. The van der Waals surface area contributed by atoms with E-state index in [-0.39, 0.29) is 0 Å². The smallest absolute Gasteiger partial charge is 0.348 e. The molecule has 0 unspecified atom stereocenters. The maximum Gasteiger partial charge on any atom is 0.348 e. The van der Waals surface area contributed by atoms with Crippen LogP contribution in [0.5, 0.6) is 0 Å². The molecule has 0 amide bonds. The Morgan fingerprint density at radius 2 is 2.00 bits per heavy atom. The molecule has 1 N–H and O–H groups in total. The van der Waals surface area contributed by atoms with Crippen molar-refractivity contribution in [2.75, 3.05) is 0 Å². The summed E-state index contributed by atoms with van der Waals surface area (Å²) in [6.45, 7) is 0. The molecular weight excluding hydrogens is 325 g/mol. The predicted molar refractivity (Wildman–Crippen MR) is 67.2 cm³/mol. The number of carboxylic acids is 1. The Balaban J connectivity index is 2.58. The fourth-order valence-electron chi connectivity index (χ4n) is 1.23. The SMILES string of the molecule is O=C(O)c1sc(I)nc1-c1ccccc1. The fraction of sp³-hybridized carbons (Fsp3) is 0. The van der Waals surface area contributed by atoms with Crippen LogP contribution >= 0.6 is 33.9 Å². The first kappa shape index (κ1) is 10.6. The van der Waals surface area contributed by atoms with Crippen LogP contribution in [-0.2, 0) is 0 Å². The van der Waals surface area contributed by atoms with E-state index >= 15 is 0 Å². The maximum atomic E-state index is 11.0. The Morgan fingerprint density at radius 1 is 1.33 bits per heavy atom. The van der Waals surface area contributed by atoms with Crippen molar-refractivity contribution in [2.24, 2.45) is 0 Å². The zero-order valence-electron chi connectivity index (χ0n) is 7.48. The van der Waals surface area contributed by atoms with E-state index in [2.05, 4.69) is 4.98 Å². The summed E-state index contributed by atoms with van der Waals surface area (Å²) in [6, 6.07) is 9.34. The number of aromatic carboxylic acids is 1. The number of thiazole rings is 1. The van der Waals surface area contributed by atoms with Gasteiger partial charge in [-0.05, 0) is 22.6 Å². The molecule has 1 aromatic heterocycles. The maximum absolute atomic E-state index is 11.0. The summed E-state index contributed by atoms with van der Waals surface area (Å²) in [4.78, 5) is 15.5. The second-order valence-electron chi connectivity index (χ2n) is 2.82. The molecule has 0 saturated carbocycles. The van der Waals surface area contributed by atoms with Crippen molar-refractivity contribution in [1.29, 1.82) is 0 Å². The molecule has 1 aromatic carbocycles. The van der Waals surface area contributed by atoms with Gasteiger partial charge in [-0.15, -0.1) is 11.3 Å². The van der Waals surface area contributed by atoms with Crippen molar-refractivity contribution in [3.8, 4) is 11.3 Å². The minimum atomic E-state index is -0.922. The van der Waals surface area contributed by atoms with E-state index in [1.807, 2.05) is 52.9 Å². The molecule has 2 aromatic rings. The number of carbonyl (C=O) groups is 1. The summed E-state index contributed by atoms with van der Waals surface area (Å²) in [7, 11) is 0. The van der Waals surface area contributed by atoms with E-state index in [0.717, 1.165) is 8.58 Å². The van der Waals surface area contributed by atoms with Crippen LogP contribution in [0.3, 0.4) is 0 Å². The standard InChI is InChI=1S/C10H6INO2S/c11-10-12-7(8(15-10)9(13)14)6-4-2-1-3-5-6/h1-5H,(H,13,14). The second kappa shape index (κ2) is 4.28. The lowest BCUT2D eigenvalue weighted by atomic mass is 10.1. The van der Waals surface area contributed by atoms with Crippen LogP contribution in [0.4, 0.5) is 0 Å². The van der Waals surface area contributed by atoms with E-state index in [0.29, 0.717) is 10.6 Å². The highest BCUT2D eigenvalue weighted by Gasteiger charge is 2.17. The zero-order chi connectivity index (χ0) is 10.8. The van der Waals surface area contributed by atoms with E-state index in [9.17, 15) is 4.79 Å². The molecule has 5 heteroatoms. The van der Waals surface area contributed by atoms with Gasteiger partial charge in [-0.25, -0.2) is 9.78 Å². The summed E-state index contributed by atoms with van der Waals surface area (Å²) >= 11 is 3.22. The average Bonchev–Trinajstić information content (AvgIpc) is 2.62. The lowest BCUT2D eigenvalue weighted by Crippen LogP contribution is -1.95. The summed E-state index contributed by atoms with van der Waals surface area (Å²) in [5.41, 5.74) is 1.39. The van der Waals surface area contributed by atoms with Gasteiger partial charge in [0.05, 0.1) is 5.69 Å². The molecule has 0 radical (unpaired) electrons. The molecule has 2 rings (SSSR count).